The van der Waals surface area contributed by atoms with Crippen molar-refractivity contribution in [2.45, 2.75) is 39.3 Å². The number of hydrogen-bond donors (Lipinski definition) is 2. The van der Waals surface area contributed by atoms with Crippen LogP contribution in [0.1, 0.15) is 29.8 Å². The van der Waals surface area contributed by atoms with Crippen LogP contribution in [-0.2, 0) is 6.54 Å². The first kappa shape index (κ1) is 15.9. The lowest BCUT2D eigenvalue weighted by molar-refractivity contribution is 0.408. The van der Waals surface area contributed by atoms with Crippen LogP contribution in [0.4, 0.5) is 5.69 Å². The molecular weight excluding hydrogens is 288 g/mol. The minimum atomic E-state index is 0.575. The zero-order valence-electron chi connectivity index (χ0n) is 14.2. The van der Waals surface area contributed by atoms with Gasteiger partial charge in [0.25, 0.3) is 0 Å². The summed E-state index contributed by atoms with van der Waals surface area (Å²) in [5.41, 5.74) is 4.83. The van der Waals surface area contributed by atoms with Crippen LogP contribution in [0.2, 0.25) is 0 Å². The third kappa shape index (κ3) is 3.67. The average Bonchev–Trinajstić information content (AvgIpc) is 2.92. The van der Waals surface area contributed by atoms with Gasteiger partial charge >= 0.3 is 0 Å². The molecule has 0 amide bonds. The molecule has 5 nitrogen and oxygen atoms in total. The molecule has 1 fully saturated rings. The van der Waals surface area contributed by atoms with E-state index in [-0.39, 0.29) is 0 Å². The largest absolute Gasteiger partial charge is 0.497 e. The highest BCUT2D eigenvalue weighted by molar-refractivity contribution is 5.51. The number of aromatic amines is 1. The van der Waals surface area contributed by atoms with E-state index in [9.17, 15) is 0 Å². The van der Waals surface area contributed by atoms with E-state index in [0.717, 1.165) is 43.9 Å². The summed E-state index contributed by atoms with van der Waals surface area (Å²) in [4.78, 5) is 2.44. The van der Waals surface area contributed by atoms with Crippen molar-refractivity contribution < 1.29 is 4.74 Å². The highest BCUT2D eigenvalue weighted by atomic mass is 16.5. The SMILES string of the molecule is COc1cccc(N2CCC(NCc3c(C)n[nH]c3C)CC2)c1. The molecule has 0 bridgehead atoms. The number of ether oxygens (including phenoxy) is 1. The molecule has 2 N–H and O–H groups in total. The smallest absolute Gasteiger partial charge is 0.120 e. The molecule has 0 spiro atoms. The second kappa shape index (κ2) is 7.04. The molecule has 0 radical (unpaired) electrons. The summed E-state index contributed by atoms with van der Waals surface area (Å²) in [6.45, 7) is 7.20. The molecule has 124 valence electrons. The Morgan fingerprint density at radius 1 is 1.30 bits per heavy atom. The normalized spacial score (nSPS) is 15.9. The van der Waals surface area contributed by atoms with Gasteiger partial charge in [-0.1, -0.05) is 6.07 Å². The number of anilines is 1. The van der Waals surface area contributed by atoms with Gasteiger partial charge in [-0.05, 0) is 38.8 Å². The Balaban J connectivity index is 1.52. The van der Waals surface area contributed by atoms with Gasteiger partial charge in [0.2, 0.25) is 0 Å². The number of piperidine rings is 1. The Labute approximate surface area is 138 Å². The number of rotatable bonds is 5. The highest BCUT2D eigenvalue weighted by Crippen LogP contribution is 2.24. The Morgan fingerprint density at radius 3 is 2.74 bits per heavy atom. The summed E-state index contributed by atoms with van der Waals surface area (Å²) >= 11 is 0. The number of aryl methyl sites for hydroxylation is 2. The molecule has 23 heavy (non-hydrogen) atoms. The van der Waals surface area contributed by atoms with Crippen molar-refractivity contribution in [3.8, 4) is 5.75 Å². The van der Waals surface area contributed by atoms with Crippen molar-refractivity contribution in [3.63, 3.8) is 0 Å². The second-order valence-electron chi connectivity index (χ2n) is 6.26. The van der Waals surface area contributed by atoms with Crippen LogP contribution >= 0.6 is 0 Å². The topological polar surface area (TPSA) is 53.2 Å². The summed E-state index contributed by atoms with van der Waals surface area (Å²) in [6.07, 6.45) is 2.32. The Bertz CT molecular complexity index is 625. The van der Waals surface area contributed by atoms with Crippen molar-refractivity contribution in [1.29, 1.82) is 0 Å². The minimum Gasteiger partial charge on any atom is -0.497 e. The number of benzene rings is 1. The van der Waals surface area contributed by atoms with Crippen molar-refractivity contribution in [3.05, 3.63) is 41.2 Å². The molecule has 5 heteroatoms. The van der Waals surface area contributed by atoms with Gasteiger partial charge in [-0.2, -0.15) is 5.10 Å². The Morgan fingerprint density at radius 2 is 2.09 bits per heavy atom. The van der Waals surface area contributed by atoms with Crippen LogP contribution in [0.3, 0.4) is 0 Å². The van der Waals surface area contributed by atoms with Gasteiger partial charge in [0.05, 0.1) is 12.8 Å². The molecule has 2 aromatic rings. The average molecular weight is 314 g/mol. The summed E-state index contributed by atoms with van der Waals surface area (Å²) in [7, 11) is 1.72. The van der Waals surface area contributed by atoms with E-state index >= 15 is 0 Å². The molecule has 0 atom stereocenters. The van der Waals surface area contributed by atoms with Gasteiger partial charge < -0.3 is 15.0 Å². The van der Waals surface area contributed by atoms with Crippen LogP contribution in [0.15, 0.2) is 24.3 Å². The van der Waals surface area contributed by atoms with E-state index in [0.29, 0.717) is 6.04 Å². The number of aromatic nitrogens is 2. The zero-order valence-corrected chi connectivity index (χ0v) is 14.2. The first-order chi connectivity index (χ1) is 11.2. The molecule has 2 heterocycles. The third-order valence-electron chi connectivity index (χ3n) is 4.76. The molecule has 1 aliphatic heterocycles. The maximum atomic E-state index is 5.32. The minimum absolute atomic E-state index is 0.575. The molecule has 1 aliphatic rings. The Kier molecular flexibility index (Phi) is 4.86. The van der Waals surface area contributed by atoms with E-state index in [1.165, 1.54) is 16.9 Å². The maximum absolute atomic E-state index is 5.32. The van der Waals surface area contributed by atoms with Gasteiger partial charge in [-0.15, -0.1) is 0 Å². The lowest BCUT2D eigenvalue weighted by Crippen LogP contribution is -2.42. The fourth-order valence-corrected chi connectivity index (χ4v) is 3.23. The quantitative estimate of drug-likeness (QED) is 0.891. The van der Waals surface area contributed by atoms with Crippen LogP contribution in [0, 0.1) is 13.8 Å². The number of nitrogens with one attached hydrogen (secondary N) is 2. The molecule has 1 aromatic heterocycles. The highest BCUT2D eigenvalue weighted by Gasteiger charge is 2.20. The van der Waals surface area contributed by atoms with Gasteiger partial charge in [-0.25, -0.2) is 0 Å². The second-order valence-corrected chi connectivity index (χ2v) is 6.26. The summed E-state index contributed by atoms with van der Waals surface area (Å²) in [5.74, 6) is 0.925. The first-order valence-electron chi connectivity index (χ1n) is 8.30. The van der Waals surface area contributed by atoms with E-state index in [1.54, 1.807) is 7.11 Å². The fraction of sp³-hybridized carbons (Fsp3) is 0.500. The number of H-pyrrole nitrogens is 1. The van der Waals surface area contributed by atoms with Gasteiger partial charge in [-0.3, -0.25) is 5.10 Å². The molecule has 1 saturated heterocycles. The number of methoxy groups -OCH3 is 1. The summed E-state index contributed by atoms with van der Waals surface area (Å²) < 4.78 is 5.32. The molecule has 0 saturated carbocycles. The molecule has 0 aliphatic carbocycles. The predicted molar refractivity (Wildman–Crippen MR) is 93.1 cm³/mol. The molecule has 0 unspecified atom stereocenters. The van der Waals surface area contributed by atoms with E-state index in [4.69, 9.17) is 4.74 Å². The summed E-state index contributed by atoms with van der Waals surface area (Å²) in [6, 6.07) is 8.90. The fourth-order valence-electron chi connectivity index (χ4n) is 3.23. The number of nitrogens with zero attached hydrogens (tertiary/aromatic N) is 2. The molecular formula is C18H26N4O. The van der Waals surface area contributed by atoms with Crippen LogP contribution in [0.5, 0.6) is 5.75 Å². The van der Waals surface area contributed by atoms with Gasteiger partial charge in [0.1, 0.15) is 5.75 Å². The van der Waals surface area contributed by atoms with Crippen LogP contribution in [0.25, 0.3) is 0 Å². The Hall–Kier alpha value is -2.01. The molecule has 3 rings (SSSR count). The van der Waals surface area contributed by atoms with Crippen molar-refractivity contribution in [2.24, 2.45) is 0 Å². The van der Waals surface area contributed by atoms with Crippen LogP contribution < -0.4 is 15.0 Å². The van der Waals surface area contributed by atoms with Gasteiger partial charge in [0, 0.05) is 48.7 Å². The van der Waals surface area contributed by atoms with E-state index in [1.807, 2.05) is 6.07 Å². The third-order valence-corrected chi connectivity index (χ3v) is 4.76. The standard InChI is InChI=1S/C18H26N4O/c1-13-18(14(2)21-20-13)12-19-15-7-9-22(10-8-15)16-5-4-6-17(11-16)23-3/h4-6,11,15,19H,7-10,12H2,1-3H3,(H,20,21). The monoisotopic (exact) mass is 314 g/mol. The zero-order chi connectivity index (χ0) is 16.2. The predicted octanol–water partition coefficient (Wildman–Crippen LogP) is 2.79. The van der Waals surface area contributed by atoms with E-state index in [2.05, 4.69) is 52.5 Å². The first-order valence-corrected chi connectivity index (χ1v) is 8.30. The number of hydrogen-bond acceptors (Lipinski definition) is 4. The van der Waals surface area contributed by atoms with Crippen molar-refractivity contribution in [2.75, 3.05) is 25.1 Å². The van der Waals surface area contributed by atoms with Crippen molar-refractivity contribution >= 4 is 5.69 Å². The lowest BCUT2D eigenvalue weighted by Gasteiger charge is -2.34. The maximum Gasteiger partial charge on any atom is 0.120 e. The van der Waals surface area contributed by atoms with Crippen molar-refractivity contribution in [1.82, 2.24) is 15.5 Å². The van der Waals surface area contributed by atoms with Gasteiger partial charge in [0.15, 0.2) is 0 Å². The summed E-state index contributed by atoms with van der Waals surface area (Å²) in [5, 5.41) is 11.0. The molecule has 1 aromatic carbocycles. The lowest BCUT2D eigenvalue weighted by atomic mass is 10.0. The van der Waals surface area contributed by atoms with E-state index < -0.39 is 0 Å². The van der Waals surface area contributed by atoms with Crippen LogP contribution in [-0.4, -0.2) is 36.4 Å².